The molecular weight excluding hydrogens is 416 g/mol. The molecule has 1 N–H and O–H groups in total. The molecule has 2 aromatic rings. The number of hydrogen-bond donors (Lipinski definition) is 1. The van der Waals surface area contributed by atoms with E-state index in [2.05, 4.69) is 5.32 Å². The molecule has 0 aliphatic carbocycles. The Morgan fingerprint density at radius 1 is 1.00 bits per heavy atom. The molecule has 0 bridgehead atoms. The quantitative estimate of drug-likeness (QED) is 0.674. The van der Waals surface area contributed by atoms with Crippen LogP contribution in [0.1, 0.15) is 22.3 Å². The summed E-state index contributed by atoms with van der Waals surface area (Å²) in [5.74, 6) is 0.187. The van der Waals surface area contributed by atoms with Gasteiger partial charge in [0.05, 0.1) is 19.1 Å². The molecule has 1 fully saturated rings. The highest BCUT2D eigenvalue weighted by atomic mass is 32.2. The molecule has 0 aromatic heterocycles. The van der Waals surface area contributed by atoms with Gasteiger partial charge in [-0.25, -0.2) is 0 Å². The lowest BCUT2D eigenvalue weighted by Gasteiger charge is -2.15. The number of imide groups is 1. The fraction of sp³-hybridized carbons (Fsp3) is 0.261. The minimum absolute atomic E-state index is 0.232. The molecule has 3 amide bonds. The molecule has 2 aromatic carbocycles. The van der Waals surface area contributed by atoms with Crippen molar-refractivity contribution in [3.05, 3.63) is 57.5 Å². The molecule has 162 valence electrons. The third kappa shape index (κ3) is 5.08. The lowest BCUT2D eigenvalue weighted by Crippen LogP contribution is -2.36. The maximum atomic E-state index is 12.8. The van der Waals surface area contributed by atoms with E-state index in [-0.39, 0.29) is 11.4 Å². The van der Waals surface area contributed by atoms with E-state index in [4.69, 9.17) is 9.47 Å². The van der Waals surface area contributed by atoms with E-state index in [1.165, 1.54) is 14.2 Å². The van der Waals surface area contributed by atoms with Gasteiger partial charge >= 0.3 is 0 Å². The summed E-state index contributed by atoms with van der Waals surface area (Å²) in [4.78, 5) is 38.9. The first kappa shape index (κ1) is 22.4. The van der Waals surface area contributed by atoms with Crippen LogP contribution in [-0.4, -0.2) is 42.7 Å². The average molecular weight is 441 g/mol. The minimum Gasteiger partial charge on any atom is -0.497 e. The topological polar surface area (TPSA) is 84.9 Å². The Labute approximate surface area is 185 Å². The number of thioether (sulfide) groups is 1. The van der Waals surface area contributed by atoms with Gasteiger partial charge in [0.1, 0.15) is 18.0 Å². The zero-order chi connectivity index (χ0) is 22.7. The number of carbonyl (C=O) groups excluding carboxylic acids is 3. The van der Waals surface area contributed by atoms with Gasteiger partial charge in [-0.2, -0.15) is 0 Å². The monoisotopic (exact) mass is 440 g/mol. The zero-order valence-electron chi connectivity index (χ0n) is 18.1. The zero-order valence-corrected chi connectivity index (χ0v) is 18.9. The Morgan fingerprint density at radius 2 is 1.58 bits per heavy atom. The molecular formula is C23H24N2O5S. The number of rotatable bonds is 6. The molecule has 0 saturated carbocycles. The molecule has 1 saturated heterocycles. The highest BCUT2D eigenvalue weighted by Gasteiger charge is 2.36. The van der Waals surface area contributed by atoms with Gasteiger partial charge in [-0.1, -0.05) is 17.7 Å². The number of ether oxygens (including phenoxy) is 2. The van der Waals surface area contributed by atoms with Crippen LogP contribution in [0.5, 0.6) is 11.5 Å². The molecule has 0 atom stereocenters. The predicted octanol–water partition coefficient (Wildman–Crippen LogP) is 4.30. The molecule has 1 aliphatic rings. The van der Waals surface area contributed by atoms with Crippen molar-refractivity contribution < 1.29 is 23.9 Å². The van der Waals surface area contributed by atoms with Gasteiger partial charge in [-0.3, -0.25) is 19.3 Å². The summed E-state index contributed by atoms with van der Waals surface area (Å²) in [5.41, 5.74) is 4.29. The van der Waals surface area contributed by atoms with Crippen molar-refractivity contribution in [1.82, 2.24) is 4.90 Å². The molecule has 31 heavy (non-hydrogen) atoms. The Bertz CT molecular complexity index is 1050. The largest absolute Gasteiger partial charge is 0.497 e. The van der Waals surface area contributed by atoms with E-state index in [0.29, 0.717) is 22.7 Å². The van der Waals surface area contributed by atoms with E-state index < -0.39 is 17.1 Å². The van der Waals surface area contributed by atoms with Crippen molar-refractivity contribution in [2.75, 3.05) is 26.1 Å². The summed E-state index contributed by atoms with van der Waals surface area (Å²) in [6.45, 7) is 5.44. The summed E-state index contributed by atoms with van der Waals surface area (Å²) in [5, 5.41) is 2.33. The van der Waals surface area contributed by atoms with Crippen LogP contribution >= 0.6 is 11.8 Å². The van der Waals surface area contributed by atoms with Crippen LogP contribution in [-0.2, 0) is 9.59 Å². The maximum Gasteiger partial charge on any atom is 0.294 e. The Morgan fingerprint density at radius 3 is 2.13 bits per heavy atom. The lowest BCUT2D eigenvalue weighted by atomic mass is 10.1. The van der Waals surface area contributed by atoms with Crippen LogP contribution in [0.4, 0.5) is 10.5 Å². The second-order valence-corrected chi connectivity index (χ2v) is 8.23. The highest BCUT2D eigenvalue weighted by Crippen LogP contribution is 2.34. The lowest BCUT2D eigenvalue weighted by molar-refractivity contribution is -0.127. The molecule has 0 spiro atoms. The Balaban J connectivity index is 1.76. The predicted molar refractivity (Wildman–Crippen MR) is 122 cm³/mol. The number of amides is 3. The molecule has 1 heterocycles. The molecule has 0 unspecified atom stereocenters. The second-order valence-electron chi connectivity index (χ2n) is 7.24. The highest BCUT2D eigenvalue weighted by molar-refractivity contribution is 8.18. The average Bonchev–Trinajstić information content (AvgIpc) is 2.97. The van der Waals surface area contributed by atoms with Crippen molar-refractivity contribution in [3.8, 4) is 11.5 Å². The van der Waals surface area contributed by atoms with E-state index >= 15 is 0 Å². The van der Waals surface area contributed by atoms with E-state index in [1.54, 1.807) is 24.3 Å². The molecule has 8 heteroatoms. The van der Waals surface area contributed by atoms with Gasteiger partial charge in [0.25, 0.3) is 11.1 Å². The van der Waals surface area contributed by atoms with Crippen molar-refractivity contribution >= 4 is 40.6 Å². The first-order chi connectivity index (χ1) is 14.7. The standard InChI is InChI=1S/C23H24N2O5S/c1-13-6-14(2)21(15(3)7-13)24-20(26)12-25-22(27)19(31-23(25)28)10-16-8-17(29-4)11-18(9-16)30-5/h6-11H,12H2,1-5H3,(H,24,26)/b19-10+. The summed E-state index contributed by atoms with van der Waals surface area (Å²) in [6.07, 6.45) is 1.59. The fourth-order valence-corrected chi connectivity index (χ4v) is 4.24. The maximum absolute atomic E-state index is 12.8. The van der Waals surface area contributed by atoms with Gasteiger partial charge in [-0.05, 0) is 67.4 Å². The van der Waals surface area contributed by atoms with Crippen LogP contribution in [0, 0.1) is 20.8 Å². The third-order valence-electron chi connectivity index (χ3n) is 4.79. The SMILES string of the molecule is COc1cc(/C=C2/SC(=O)N(CC(=O)Nc3c(C)cc(C)cc3C)C2=O)cc(OC)c1. The van der Waals surface area contributed by atoms with Gasteiger partial charge in [0.15, 0.2) is 0 Å². The first-order valence-electron chi connectivity index (χ1n) is 9.58. The smallest absolute Gasteiger partial charge is 0.294 e. The molecule has 1 aliphatic heterocycles. The van der Waals surface area contributed by atoms with Gasteiger partial charge in [-0.15, -0.1) is 0 Å². The summed E-state index contributed by atoms with van der Waals surface area (Å²) >= 11 is 0.797. The van der Waals surface area contributed by atoms with Crippen LogP contribution in [0.2, 0.25) is 0 Å². The summed E-state index contributed by atoms with van der Waals surface area (Å²) in [6, 6.07) is 9.10. The van der Waals surface area contributed by atoms with E-state index in [9.17, 15) is 14.4 Å². The molecule has 0 radical (unpaired) electrons. The minimum atomic E-state index is -0.510. The molecule has 7 nitrogen and oxygen atoms in total. The molecule has 3 rings (SSSR count). The number of carbonyl (C=O) groups is 3. The van der Waals surface area contributed by atoms with Crippen molar-refractivity contribution in [1.29, 1.82) is 0 Å². The van der Waals surface area contributed by atoms with Gasteiger partial charge in [0.2, 0.25) is 5.91 Å². The van der Waals surface area contributed by atoms with E-state index in [1.807, 2.05) is 32.9 Å². The van der Waals surface area contributed by atoms with Crippen LogP contribution in [0.15, 0.2) is 35.2 Å². The normalized spacial score (nSPS) is 14.9. The van der Waals surface area contributed by atoms with Crippen molar-refractivity contribution in [3.63, 3.8) is 0 Å². The number of nitrogens with one attached hydrogen (secondary N) is 1. The van der Waals surface area contributed by atoms with Crippen LogP contribution < -0.4 is 14.8 Å². The Kier molecular flexibility index (Phi) is 6.70. The fourth-order valence-electron chi connectivity index (χ4n) is 3.40. The number of methoxy groups -OCH3 is 2. The number of benzene rings is 2. The number of nitrogens with zero attached hydrogens (tertiary/aromatic N) is 1. The second kappa shape index (κ2) is 9.26. The van der Waals surface area contributed by atoms with Crippen LogP contribution in [0.3, 0.4) is 0 Å². The Hall–Kier alpha value is -3.26. The van der Waals surface area contributed by atoms with Crippen molar-refractivity contribution in [2.45, 2.75) is 20.8 Å². The van der Waals surface area contributed by atoms with Gasteiger partial charge < -0.3 is 14.8 Å². The number of hydrogen-bond acceptors (Lipinski definition) is 6. The summed E-state index contributed by atoms with van der Waals surface area (Å²) < 4.78 is 10.5. The van der Waals surface area contributed by atoms with Crippen LogP contribution in [0.25, 0.3) is 6.08 Å². The van der Waals surface area contributed by atoms with Gasteiger partial charge in [0, 0.05) is 11.8 Å². The number of anilines is 1. The summed E-state index contributed by atoms with van der Waals surface area (Å²) in [7, 11) is 3.06. The van der Waals surface area contributed by atoms with Crippen molar-refractivity contribution in [2.24, 2.45) is 0 Å². The number of aryl methyl sites for hydroxylation is 3. The first-order valence-corrected chi connectivity index (χ1v) is 10.4. The third-order valence-corrected chi connectivity index (χ3v) is 5.70. The van der Waals surface area contributed by atoms with E-state index in [0.717, 1.165) is 33.4 Å².